The van der Waals surface area contributed by atoms with Crippen molar-refractivity contribution in [2.75, 3.05) is 33.2 Å². The van der Waals surface area contributed by atoms with E-state index in [9.17, 15) is 4.39 Å². The fourth-order valence-corrected chi connectivity index (χ4v) is 3.43. The molecular formula is C19H29FIN5. The lowest BCUT2D eigenvalue weighted by Crippen LogP contribution is -2.39. The Morgan fingerprint density at radius 3 is 2.96 bits per heavy atom. The SMILES string of the molecule is CCNC(=NCC1CCCN1C)NCCc1c[nH]c2cc(F)ccc12.I. The third-order valence-electron chi connectivity index (χ3n) is 4.89. The van der Waals surface area contributed by atoms with Gasteiger partial charge in [0.25, 0.3) is 0 Å². The Morgan fingerprint density at radius 1 is 1.38 bits per heavy atom. The highest BCUT2D eigenvalue weighted by atomic mass is 127. The summed E-state index contributed by atoms with van der Waals surface area (Å²) in [7, 11) is 2.17. The van der Waals surface area contributed by atoms with Crippen LogP contribution in [-0.4, -0.2) is 55.1 Å². The van der Waals surface area contributed by atoms with E-state index in [-0.39, 0.29) is 29.8 Å². The van der Waals surface area contributed by atoms with Crippen LogP contribution in [0.2, 0.25) is 0 Å². The number of fused-ring (bicyclic) bond motifs is 1. The maximum absolute atomic E-state index is 13.3. The van der Waals surface area contributed by atoms with Gasteiger partial charge < -0.3 is 20.5 Å². The molecular weight excluding hydrogens is 444 g/mol. The summed E-state index contributed by atoms with van der Waals surface area (Å²) < 4.78 is 13.3. The van der Waals surface area contributed by atoms with Crippen molar-refractivity contribution in [1.29, 1.82) is 0 Å². The third-order valence-corrected chi connectivity index (χ3v) is 4.89. The number of aliphatic imine (C=N–C) groups is 1. The van der Waals surface area contributed by atoms with Crippen LogP contribution in [0.1, 0.15) is 25.3 Å². The Morgan fingerprint density at radius 2 is 2.23 bits per heavy atom. The second-order valence-electron chi connectivity index (χ2n) is 6.68. The normalized spacial score (nSPS) is 18.1. The van der Waals surface area contributed by atoms with Crippen molar-refractivity contribution in [3.63, 3.8) is 0 Å². The van der Waals surface area contributed by atoms with E-state index >= 15 is 0 Å². The van der Waals surface area contributed by atoms with E-state index < -0.39 is 0 Å². The Balaban J connectivity index is 0.00000243. The zero-order chi connectivity index (χ0) is 17.6. The second-order valence-corrected chi connectivity index (χ2v) is 6.68. The first kappa shape index (κ1) is 21.0. The Labute approximate surface area is 171 Å². The highest BCUT2D eigenvalue weighted by Gasteiger charge is 2.20. The van der Waals surface area contributed by atoms with Crippen molar-refractivity contribution in [3.05, 3.63) is 35.8 Å². The van der Waals surface area contributed by atoms with Crippen molar-refractivity contribution in [2.24, 2.45) is 4.99 Å². The van der Waals surface area contributed by atoms with Gasteiger partial charge in [-0.1, -0.05) is 0 Å². The molecule has 1 fully saturated rings. The first-order valence-electron chi connectivity index (χ1n) is 9.15. The van der Waals surface area contributed by atoms with Gasteiger partial charge in [-0.2, -0.15) is 0 Å². The number of guanidine groups is 1. The third kappa shape index (κ3) is 5.33. The molecule has 3 rings (SSSR count). The molecule has 0 amide bonds. The number of H-pyrrole nitrogens is 1. The number of nitrogens with zero attached hydrogens (tertiary/aromatic N) is 2. The zero-order valence-corrected chi connectivity index (χ0v) is 17.8. The number of nitrogens with one attached hydrogen (secondary N) is 3. The Bertz CT molecular complexity index is 730. The number of rotatable bonds is 6. The quantitative estimate of drug-likeness (QED) is 0.344. The van der Waals surface area contributed by atoms with Gasteiger partial charge in [-0.3, -0.25) is 4.99 Å². The van der Waals surface area contributed by atoms with E-state index in [1.807, 2.05) is 12.3 Å². The first-order valence-corrected chi connectivity index (χ1v) is 9.15. The van der Waals surface area contributed by atoms with Gasteiger partial charge in [0.15, 0.2) is 5.96 Å². The summed E-state index contributed by atoms with van der Waals surface area (Å²) in [6.45, 7) is 5.71. The number of aromatic nitrogens is 1. The van der Waals surface area contributed by atoms with Crippen LogP contribution in [0.25, 0.3) is 10.9 Å². The van der Waals surface area contributed by atoms with Crippen LogP contribution in [-0.2, 0) is 6.42 Å². The summed E-state index contributed by atoms with van der Waals surface area (Å²) in [5.74, 6) is 0.658. The fraction of sp³-hybridized carbons (Fsp3) is 0.526. The van der Waals surface area contributed by atoms with Crippen LogP contribution in [0.15, 0.2) is 29.4 Å². The summed E-state index contributed by atoms with van der Waals surface area (Å²) in [4.78, 5) is 10.3. The second kappa shape index (κ2) is 10.1. The molecule has 5 nitrogen and oxygen atoms in total. The van der Waals surface area contributed by atoms with E-state index in [4.69, 9.17) is 4.99 Å². The molecule has 1 aromatic heterocycles. The minimum absolute atomic E-state index is 0. The lowest BCUT2D eigenvalue weighted by Gasteiger charge is -2.18. The van der Waals surface area contributed by atoms with Gasteiger partial charge in [-0.05, 0) is 63.5 Å². The molecule has 1 aliphatic rings. The summed E-state index contributed by atoms with van der Waals surface area (Å²) in [6, 6.07) is 5.44. The molecule has 7 heteroatoms. The van der Waals surface area contributed by atoms with Crippen LogP contribution in [0, 0.1) is 5.82 Å². The van der Waals surface area contributed by atoms with Gasteiger partial charge in [0.1, 0.15) is 5.82 Å². The summed E-state index contributed by atoms with van der Waals surface area (Å²) in [6.07, 6.45) is 5.32. The lowest BCUT2D eigenvalue weighted by atomic mass is 10.1. The lowest BCUT2D eigenvalue weighted by molar-refractivity contribution is 0.317. The molecule has 3 N–H and O–H groups in total. The topological polar surface area (TPSA) is 55.5 Å². The maximum Gasteiger partial charge on any atom is 0.191 e. The van der Waals surface area contributed by atoms with Crippen molar-refractivity contribution in [3.8, 4) is 0 Å². The number of hydrogen-bond donors (Lipinski definition) is 3. The number of halogens is 2. The van der Waals surface area contributed by atoms with Gasteiger partial charge >= 0.3 is 0 Å². The minimum atomic E-state index is -0.211. The number of benzene rings is 1. The molecule has 0 radical (unpaired) electrons. The smallest absolute Gasteiger partial charge is 0.191 e. The first-order chi connectivity index (χ1) is 12.2. The van der Waals surface area contributed by atoms with E-state index in [0.29, 0.717) is 6.04 Å². The van der Waals surface area contributed by atoms with Crippen LogP contribution >= 0.6 is 24.0 Å². The number of likely N-dealkylation sites (N-methyl/N-ethyl adjacent to an activating group) is 1. The van der Waals surface area contributed by atoms with Gasteiger partial charge in [0, 0.05) is 36.2 Å². The number of aromatic amines is 1. The average molecular weight is 473 g/mol. The van der Waals surface area contributed by atoms with Crippen molar-refractivity contribution >= 4 is 40.8 Å². The summed E-state index contributed by atoms with van der Waals surface area (Å²) in [5, 5.41) is 7.80. The average Bonchev–Trinajstić information content (AvgIpc) is 3.18. The van der Waals surface area contributed by atoms with Crippen LogP contribution in [0.5, 0.6) is 0 Å². The van der Waals surface area contributed by atoms with E-state index in [2.05, 4.69) is 34.5 Å². The molecule has 0 spiro atoms. The molecule has 1 aromatic carbocycles. The Kier molecular flexibility index (Phi) is 8.15. The molecule has 1 unspecified atom stereocenters. The molecule has 2 heterocycles. The van der Waals surface area contributed by atoms with Crippen LogP contribution in [0.3, 0.4) is 0 Å². The highest BCUT2D eigenvalue weighted by molar-refractivity contribution is 14.0. The Hall–Kier alpha value is -1.35. The molecule has 0 bridgehead atoms. The van der Waals surface area contributed by atoms with Crippen molar-refractivity contribution < 1.29 is 4.39 Å². The fourth-order valence-electron chi connectivity index (χ4n) is 3.43. The summed E-state index contributed by atoms with van der Waals surface area (Å²) in [5.41, 5.74) is 2.04. The molecule has 144 valence electrons. The maximum atomic E-state index is 13.3. The molecule has 0 aliphatic carbocycles. The number of likely N-dealkylation sites (tertiary alicyclic amines) is 1. The van der Waals surface area contributed by atoms with E-state index in [1.54, 1.807) is 0 Å². The molecule has 0 saturated carbocycles. The van der Waals surface area contributed by atoms with Crippen molar-refractivity contribution in [2.45, 2.75) is 32.2 Å². The van der Waals surface area contributed by atoms with Gasteiger partial charge in [0.2, 0.25) is 0 Å². The van der Waals surface area contributed by atoms with Gasteiger partial charge in [-0.15, -0.1) is 24.0 Å². The highest BCUT2D eigenvalue weighted by Crippen LogP contribution is 2.19. The van der Waals surface area contributed by atoms with E-state index in [1.165, 1.54) is 37.1 Å². The summed E-state index contributed by atoms with van der Waals surface area (Å²) >= 11 is 0. The minimum Gasteiger partial charge on any atom is -0.361 e. The van der Waals surface area contributed by atoms with Crippen molar-refractivity contribution in [1.82, 2.24) is 20.5 Å². The number of hydrogen-bond acceptors (Lipinski definition) is 2. The standard InChI is InChI=1S/C19H28FN5.HI/c1-3-21-19(24-13-16-5-4-10-25(16)2)22-9-8-14-12-23-18-11-15(20)6-7-17(14)18;/h6-7,11-12,16,23H,3-5,8-10,13H2,1-2H3,(H2,21,22,24);1H. The monoisotopic (exact) mass is 473 g/mol. The molecule has 26 heavy (non-hydrogen) atoms. The largest absolute Gasteiger partial charge is 0.361 e. The van der Waals surface area contributed by atoms with Crippen LogP contribution in [0.4, 0.5) is 4.39 Å². The predicted octanol–water partition coefficient (Wildman–Crippen LogP) is 3.12. The molecule has 1 aliphatic heterocycles. The zero-order valence-electron chi connectivity index (χ0n) is 15.5. The van der Waals surface area contributed by atoms with Gasteiger partial charge in [-0.25, -0.2) is 4.39 Å². The van der Waals surface area contributed by atoms with Gasteiger partial charge in [0.05, 0.1) is 6.54 Å². The molecule has 2 aromatic rings. The van der Waals surface area contributed by atoms with E-state index in [0.717, 1.165) is 42.9 Å². The molecule has 1 atom stereocenters. The van der Waals surface area contributed by atoms with Crippen LogP contribution < -0.4 is 10.6 Å². The molecule has 1 saturated heterocycles. The predicted molar refractivity (Wildman–Crippen MR) is 117 cm³/mol.